The second-order valence-electron chi connectivity index (χ2n) is 7.12. The van der Waals surface area contributed by atoms with Gasteiger partial charge in [-0.3, -0.25) is 9.59 Å². The van der Waals surface area contributed by atoms with Crippen LogP contribution in [0, 0.1) is 0 Å². The largest absolute Gasteiger partial charge is 0.372 e. The topological polar surface area (TPSA) is 61.4 Å². The molecule has 1 saturated heterocycles. The molecule has 1 aromatic carbocycles. The van der Waals surface area contributed by atoms with Crippen LogP contribution in [0.15, 0.2) is 24.3 Å². The van der Waals surface area contributed by atoms with E-state index in [1.165, 1.54) is 24.9 Å². The molecule has 0 aliphatic carbocycles. The molecule has 0 saturated carbocycles. The van der Waals surface area contributed by atoms with E-state index in [2.05, 4.69) is 15.5 Å². The molecule has 1 aromatic rings. The van der Waals surface area contributed by atoms with Crippen LogP contribution in [0.25, 0.3) is 0 Å². The van der Waals surface area contributed by atoms with E-state index in [1.54, 1.807) is 0 Å². The molecule has 5 heteroatoms. The minimum atomic E-state index is -0.326. The van der Waals surface area contributed by atoms with Gasteiger partial charge >= 0.3 is 0 Å². The number of hydrogen-bond acceptors (Lipinski definition) is 3. The monoisotopic (exact) mass is 317 g/mol. The van der Waals surface area contributed by atoms with Gasteiger partial charge in [-0.15, -0.1) is 0 Å². The van der Waals surface area contributed by atoms with Crippen LogP contribution in [0.5, 0.6) is 0 Å². The molecule has 0 bridgehead atoms. The fraction of sp³-hybridized carbons (Fsp3) is 0.556. The molecule has 0 unspecified atom stereocenters. The van der Waals surface area contributed by atoms with Crippen LogP contribution in [0.3, 0.4) is 0 Å². The van der Waals surface area contributed by atoms with Gasteiger partial charge in [0.2, 0.25) is 11.8 Å². The van der Waals surface area contributed by atoms with Crippen LogP contribution in [0.2, 0.25) is 0 Å². The van der Waals surface area contributed by atoms with Crippen molar-refractivity contribution in [1.82, 2.24) is 5.32 Å². The van der Waals surface area contributed by atoms with E-state index >= 15 is 0 Å². The first kappa shape index (κ1) is 17.3. The van der Waals surface area contributed by atoms with E-state index in [-0.39, 0.29) is 23.8 Å². The first-order chi connectivity index (χ1) is 10.8. The Morgan fingerprint density at radius 2 is 1.61 bits per heavy atom. The zero-order valence-corrected chi connectivity index (χ0v) is 14.3. The molecular formula is C18H27N3O2. The molecule has 23 heavy (non-hydrogen) atoms. The highest BCUT2D eigenvalue weighted by Gasteiger charge is 2.17. The predicted molar refractivity (Wildman–Crippen MR) is 93.6 cm³/mol. The highest BCUT2D eigenvalue weighted by Crippen LogP contribution is 2.21. The van der Waals surface area contributed by atoms with Gasteiger partial charge in [0.25, 0.3) is 0 Å². The van der Waals surface area contributed by atoms with Crippen molar-refractivity contribution < 1.29 is 9.59 Å². The standard InChI is InChI=1S/C18H27N3O2/c1-18(2,3)20-17(23)13-16(22)19-14-7-9-15(10-8-14)21-11-5-4-6-12-21/h7-10H,4-6,11-13H2,1-3H3,(H,19,22)(H,20,23). The predicted octanol–water partition coefficient (Wildman–Crippen LogP) is 2.92. The van der Waals surface area contributed by atoms with E-state index in [0.717, 1.165) is 18.8 Å². The number of rotatable bonds is 4. The van der Waals surface area contributed by atoms with E-state index in [1.807, 2.05) is 45.0 Å². The van der Waals surface area contributed by atoms with Crippen LogP contribution in [-0.4, -0.2) is 30.4 Å². The Balaban J connectivity index is 1.85. The number of anilines is 2. The number of carbonyl (C=O) groups excluding carboxylic acids is 2. The lowest BCUT2D eigenvalue weighted by atomic mass is 10.1. The van der Waals surface area contributed by atoms with Gasteiger partial charge in [0.05, 0.1) is 0 Å². The lowest BCUT2D eigenvalue weighted by Gasteiger charge is -2.28. The Kier molecular flexibility index (Phi) is 5.64. The van der Waals surface area contributed by atoms with E-state index in [0.29, 0.717) is 0 Å². The van der Waals surface area contributed by atoms with Gasteiger partial charge in [-0.25, -0.2) is 0 Å². The van der Waals surface area contributed by atoms with Crippen molar-refractivity contribution in [3.63, 3.8) is 0 Å². The lowest BCUT2D eigenvalue weighted by molar-refractivity contribution is -0.127. The summed E-state index contributed by atoms with van der Waals surface area (Å²) >= 11 is 0. The maximum Gasteiger partial charge on any atom is 0.233 e. The summed E-state index contributed by atoms with van der Waals surface area (Å²) in [4.78, 5) is 26.0. The Morgan fingerprint density at radius 1 is 1.00 bits per heavy atom. The minimum Gasteiger partial charge on any atom is -0.372 e. The Hall–Kier alpha value is -2.04. The quantitative estimate of drug-likeness (QED) is 0.839. The third-order valence-corrected chi connectivity index (χ3v) is 3.71. The van der Waals surface area contributed by atoms with Crippen molar-refractivity contribution in [2.45, 2.75) is 52.0 Å². The Labute approximate surface area is 138 Å². The van der Waals surface area contributed by atoms with Gasteiger partial charge in [-0.05, 0) is 64.3 Å². The Morgan fingerprint density at radius 3 is 2.17 bits per heavy atom. The summed E-state index contributed by atoms with van der Waals surface area (Å²) in [5.41, 5.74) is 1.58. The summed E-state index contributed by atoms with van der Waals surface area (Å²) in [5, 5.41) is 5.55. The van der Waals surface area contributed by atoms with Crippen molar-refractivity contribution in [3.8, 4) is 0 Å². The van der Waals surface area contributed by atoms with Gasteiger partial charge in [-0.2, -0.15) is 0 Å². The van der Waals surface area contributed by atoms with Gasteiger partial charge in [0.15, 0.2) is 0 Å². The van der Waals surface area contributed by atoms with Gasteiger partial charge < -0.3 is 15.5 Å². The molecular weight excluding hydrogens is 290 g/mol. The molecule has 2 amide bonds. The van der Waals surface area contributed by atoms with E-state index in [4.69, 9.17) is 0 Å². The number of hydrogen-bond donors (Lipinski definition) is 2. The Bertz CT molecular complexity index is 540. The fourth-order valence-electron chi connectivity index (χ4n) is 2.72. The van der Waals surface area contributed by atoms with Gasteiger partial charge in [0, 0.05) is 30.0 Å². The smallest absolute Gasteiger partial charge is 0.233 e. The van der Waals surface area contributed by atoms with Crippen molar-refractivity contribution in [1.29, 1.82) is 0 Å². The molecule has 126 valence electrons. The van der Waals surface area contributed by atoms with Crippen molar-refractivity contribution in [2.75, 3.05) is 23.3 Å². The highest BCUT2D eigenvalue weighted by atomic mass is 16.2. The molecule has 0 atom stereocenters. The zero-order valence-electron chi connectivity index (χ0n) is 14.3. The number of piperidine rings is 1. The summed E-state index contributed by atoms with van der Waals surface area (Å²) in [5.74, 6) is -0.558. The van der Waals surface area contributed by atoms with Crippen molar-refractivity contribution >= 4 is 23.2 Å². The molecule has 0 spiro atoms. The van der Waals surface area contributed by atoms with Crippen LogP contribution >= 0.6 is 0 Å². The van der Waals surface area contributed by atoms with E-state index in [9.17, 15) is 9.59 Å². The van der Waals surface area contributed by atoms with Gasteiger partial charge in [0.1, 0.15) is 6.42 Å². The fourth-order valence-corrected chi connectivity index (χ4v) is 2.72. The summed E-state index contributed by atoms with van der Waals surface area (Å²) in [6.07, 6.45) is 3.62. The molecule has 1 fully saturated rings. The van der Waals surface area contributed by atoms with E-state index < -0.39 is 0 Å². The molecule has 1 heterocycles. The number of amides is 2. The second-order valence-corrected chi connectivity index (χ2v) is 7.12. The molecule has 0 aromatic heterocycles. The molecule has 0 radical (unpaired) electrons. The van der Waals surface area contributed by atoms with Crippen LogP contribution in [0.4, 0.5) is 11.4 Å². The summed E-state index contributed by atoms with van der Waals surface area (Å²) in [7, 11) is 0. The summed E-state index contributed by atoms with van der Waals surface area (Å²) in [6.45, 7) is 7.86. The number of nitrogens with zero attached hydrogens (tertiary/aromatic N) is 1. The molecule has 2 rings (SSSR count). The zero-order chi connectivity index (χ0) is 16.9. The maximum absolute atomic E-state index is 11.9. The molecule has 5 nitrogen and oxygen atoms in total. The number of benzene rings is 1. The third-order valence-electron chi connectivity index (χ3n) is 3.71. The maximum atomic E-state index is 11.9. The first-order valence-corrected chi connectivity index (χ1v) is 8.29. The van der Waals surface area contributed by atoms with Crippen molar-refractivity contribution in [3.05, 3.63) is 24.3 Å². The van der Waals surface area contributed by atoms with Crippen LogP contribution in [0.1, 0.15) is 46.5 Å². The normalized spacial score (nSPS) is 15.2. The number of nitrogens with one attached hydrogen (secondary N) is 2. The summed E-state index contributed by atoms with van der Waals surface area (Å²) < 4.78 is 0. The van der Waals surface area contributed by atoms with Gasteiger partial charge in [-0.1, -0.05) is 0 Å². The molecule has 1 aliphatic heterocycles. The third kappa shape index (κ3) is 5.93. The first-order valence-electron chi connectivity index (χ1n) is 8.29. The average Bonchev–Trinajstić information content (AvgIpc) is 2.46. The molecule has 1 aliphatic rings. The SMILES string of the molecule is CC(C)(C)NC(=O)CC(=O)Nc1ccc(N2CCCCC2)cc1. The van der Waals surface area contributed by atoms with Crippen molar-refractivity contribution in [2.24, 2.45) is 0 Å². The minimum absolute atomic E-state index is 0.162. The number of carbonyl (C=O) groups is 2. The average molecular weight is 317 g/mol. The van der Waals surface area contributed by atoms with Crippen LogP contribution < -0.4 is 15.5 Å². The lowest BCUT2D eigenvalue weighted by Crippen LogP contribution is -2.41. The highest BCUT2D eigenvalue weighted by molar-refractivity contribution is 6.03. The second kappa shape index (κ2) is 7.49. The van der Waals surface area contributed by atoms with Crippen LogP contribution in [-0.2, 0) is 9.59 Å². The summed E-state index contributed by atoms with van der Waals surface area (Å²) in [6, 6.07) is 7.83. The molecule has 2 N–H and O–H groups in total.